The maximum absolute atomic E-state index is 10.6. The zero-order valence-electron chi connectivity index (χ0n) is 19.0. The van der Waals surface area contributed by atoms with Gasteiger partial charge in [0.1, 0.15) is 11.8 Å². The molecule has 2 aliphatic heterocycles. The number of aromatic hydroxyl groups is 1. The molecule has 2 saturated heterocycles. The van der Waals surface area contributed by atoms with E-state index in [-0.39, 0.29) is 16.8 Å². The number of thiazole rings is 1. The Balaban J connectivity index is 1.35. The second-order valence-corrected chi connectivity index (χ2v) is 10.7. The van der Waals surface area contributed by atoms with Gasteiger partial charge in [-0.05, 0) is 58.1 Å². The van der Waals surface area contributed by atoms with Crippen LogP contribution in [-0.2, 0) is 0 Å². The van der Waals surface area contributed by atoms with Gasteiger partial charge in [-0.25, -0.2) is 9.97 Å². The van der Waals surface area contributed by atoms with E-state index in [9.17, 15) is 5.11 Å². The third-order valence-corrected chi connectivity index (χ3v) is 7.77. The molecule has 0 unspecified atom stereocenters. The van der Waals surface area contributed by atoms with Crippen molar-refractivity contribution in [3.05, 3.63) is 34.8 Å². The molecular formula is C24H27N7OS. The fourth-order valence-electron chi connectivity index (χ4n) is 5.49. The number of phenolic OH excluding ortho intramolecular Hbond substituents is 1. The van der Waals surface area contributed by atoms with Crippen molar-refractivity contribution in [2.75, 3.05) is 11.9 Å². The molecule has 0 radical (unpaired) electrons. The average Bonchev–Trinajstić information content (AvgIpc) is 3.27. The van der Waals surface area contributed by atoms with E-state index in [2.05, 4.69) is 51.3 Å². The Labute approximate surface area is 197 Å². The molecule has 3 aromatic rings. The first-order valence-electron chi connectivity index (χ1n) is 11.2. The number of nitrogens with zero attached hydrogens (tertiary/aromatic N) is 6. The molecule has 2 fully saturated rings. The number of anilines is 1. The smallest absolute Gasteiger partial charge is 0.194 e. The molecule has 2 N–H and O–H groups in total. The van der Waals surface area contributed by atoms with Crippen molar-refractivity contribution in [2.45, 2.75) is 63.1 Å². The predicted octanol–water partition coefficient (Wildman–Crippen LogP) is 4.13. The lowest BCUT2D eigenvalue weighted by molar-refractivity contribution is 0.0784. The van der Waals surface area contributed by atoms with Gasteiger partial charge in [-0.15, -0.1) is 21.5 Å². The lowest BCUT2D eigenvalue weighted by Gasteiger charge is -2.55. The van der Waals surface area contributed by atoms with Gasteiger partial charge in [-0.3, -0.25) is 0 Å². The van der Waals surface area contributed by atoms with Crippen LogP contribution < -0.4 is 10.2 Å². The summed E-state index contributed by atoms with van der Waals surface area (Å²) in [6.45, 7) is 4.66. The molecule has 2 bridgehead atoms. The van der Waals surface area contributed by atoms with Crippen molar-refractivity contribution in [3.63, 3.8) is 0 Å². The van der Waals surface area contributed by atoms with Crippen LogP contribution in [0.25, 0.3) is 22.6 Å². The fourth-order valence-corrected chi connectivity index (χ4v) is 6.11. The van der Waals surface area contributed by atoms with E-state index in [0.717, 1.165) is 24.2 Å². The minimum Gasteiger partial charge on any atom is -0.507 e. The Hall–Kier alpha value is -3.09. The Morgan fingerprint density at radius 1 is 1.21 bits per heavy atom. The van der Waals surface area contributed by atoms with E-state index in [1.54, 1.807) is 23.7 Å². The molecule has 4 heterocycles. The van der Waals surface area contributed by atoms with Crippen LogP contribution in [0.4, 0.5) is 5.82 Å². The predicted molar refractivity (Wildman–Crippen MR) is 128 cm³/mol. The average molecular weight is 462 g/mol. The van der Waals surface area contributed by atoms with Gasteiger partial charge in [0.25, 0.3) is 0 Å². The number of fused-ring (bicyclic) bond motifs is 2. The lowest BCUT2D eigenvalue weighted by Crippen LogP contribution is -2.66. The summed E-state index contributed by atoms with van der Waals surface area (Å²) in [7, 11) is 2.07. The van der Waals surface area contributed by atoms with Crippen LogP contribution >= 0.6 is 11.3 Å². The maximum atomic E-state index is 10.6. The van der Waals surface area contributed by atoms with Gasteiger partial charge in [0, 0.05) is 35.1 Å². The topological polar surface area (TPSA) is 111 Å². The molecule has 9 heteroatoms. The van der Waals surface area contributed by atoms with Gasteiger partial charge in [-0.2, -0.15) is 5.26 Å². The SMILES string of the molecule is CN(c1cnc(-c2ccc(-c3csc(C#N)n3)cc2O)nn1)[C@H]1C[C@]2(C)CCC[C@](C)(C1)N2. The molecule has 2 aliphatic rings. The van der Waals surface area contributed by atoms with Crippen LogP contribution in [0.3, 0.4) is 0 Å². The Bertz CT molecular complexity index is 1200. The van der Waals surface area contributed by atoms with Gasteiger partial charge < -0.3 is 15.3 Å². The zero-order valence-corrected chi connectivity index (χ0v) is 19.9. The summed E-state index contributed by atoms with van der Waals surface area (Å²) in [6.07, 6.45) is 7.53. The number of aromatic nitrogens is 4. The zero-order chi connectivity index (χ0) is 23.2. The van der Waals surface area contributed by atoms with Crippen molar-refractivity contribution >= 4 is 17.2 Å². The van der Waals surface area contributed by atoms with Crippen LogP contribution in [0.15, 0.2) is 29.8 Å². The van der Waals surface area contributed by atoms with E-state index in [1.807, 2.05) is 12.1 Å². The summed E-state index contributed by atoms with van der Waals surface area (Å²) in [6, 6.07) is 7.61. The largest absolute Gasteiger partial charge is 0.507 e. The minimum absolute atomic E-state index is 0.0499. The molecule has 0 aliphatic carbocycles. The van der Waals surface area contributed by atoms with Crippen LogP contribution in [0.1, 0.15) is 51.0 Å². The molecule has 170 valence electrons. The van der Waals surface area contributed by atoms with E-state index in [1.165, 1.54) is 30.6 Å². The van der Waals surface area contributed by atoms with Crippen LogP contribution in [-0.4, -0.2) is 49.4 Å². The van der Waals surface area contributed by atoms with Crippen molar-refractivity contribution in [2.24, 2.45) is 0 Å². The molecule has 0 saturated carbocycles. The number of benzene rings is 1. The summed E-state index contributed by atoms with van der Waals surface area (Å²) in [5.41, 5.74) is 2.21. The first kappa shape index (κ1) is 21.7. The second-order valence-electron chi connectivity index (χ2n) is 9.79. The molecule has 0 amide bonds. The summed E-state index contributed by atoms with van der Waals surface area (Å²) >= 11 is 1.27. The standard InChI is InChI=1S/C24H27N7OS/c1-23-7-4-8-24(2,30-23)11-16(10-23)31(3)20-13-26-22(29-28-20)17-6-5-15(9-19(17)32)18-14-33-21(12-25)27-18/h5-6,9,13-14,16,30,32H,4,7-8,10-11H2,1-3H3/t16-,23-,24+. The van der Waals surface area contributed by atoms with Crippen molar-refractivity contribution < 1.29 is 5.11 Å². The first-order chi connectivity index (χ1) is 15.8. The third-order valence-electron chi connectivity index (χ3n) is 7.03. The molecule has 8 nitrogen and oxygen atoms in total. The number of piperidine rings is 2. The minimum atomic E-state index is 0.0499. The van der Waals surface area contributed by atoms with Gasteiger partial charge in [-0.1, -0.05) is 6.07 Å². The Morgan fingerprint density at radius 3 is 2.58 bits per heavy atom. The number of nitrogens with one attached hydrogen (secondary N) is 1. The highest BCUT2D eigenvalue weighted by Gasteiger charge is 2.46. The molecule has 33 heavy (non-hydrogen) atoms. The van der Waals surface area contributed by atoms with Gasteiger partial charge in [0.05, 0.1) is 17.5 Å². The number of hydrogen-bond donors (Lipinski definition) is 2. The summed E-state index contributed by atoms with van der Waals surface area (Å²) in [4.78, 5) is 10.9. The highest BCUT2D eigenvalue weighted by Crippen LogP contribution is 2.41. The highest BCUT2D eigenvalue weighted by atomic mass is 32.1. The first-order valence-corrected chi connectivity index (χ1v) is 12.1. The van der Waals surface area contributed by atoms with Crippen LogP contribution in [0.2, 0.25) is 0 Å². The number of nitriles is 1. The van der Waals surface area contributed by atoms with Gasteiger partial charge in [0.2, 0.25) is 0 Å². The van der Waals surface area contributed by atoms with Crippen LogP contribution in [0, 0.1) is 11.3 Å². The van der Waals surface area contributed by atoms with Crippen molar-refractivity contribution in [1.82, 2.24) is 25.5 Å². The summed E-state index contributed by atoms with van der Waals surface area (Å²) in [5, 5.41) is 34.4. The normalized spacial score (nSPS) is 26.5. The number of phenols is 1. The van der Waals surface area contributed by atoms with Gasteiger partial charge in [0.15, 0.2) is 16.6 Å². The fraction of sp³-hybridized carbons (Fsp3) is 0.458. The maximum Gasteiger partial charge on any atom is 0.194 e. The molecule has 2 aromatic heterocycles. The summed E-state index contributed by atoms with van der Waals surface area (Å²) < 4.78 is 0. The molecule has 1 aromatic carbocycles. The molecular weight excluding hydrogens is 434 g/mol. The monoisotopic (exact) mass is 461 g/mol. The van der Waals surface area contributed by atoms with Gasteiger partial charge >= 0.3 is 0 Å². The quantitative estimate of drug-likeness (QED) is 0.597. The second kappa shape index (κ2) is 8.04. The molecule has 3 atom stereocenters. The molecule has 0 spiro atoms. The highest BCUT2D eigenvalue weighted by molar-refractivity contribution is 7.10. The molecule has 5 rings (SSSR count). The Kier molecular flexibility index (Phi) is 5.30. The van der Waals surface area contributed by atoms with E-state index in [4.69, 9.17) is 5.26 Å². The Morgan fingerprint density at radius 2 is 1.97 bits per heavy atom. The van der Waals surface area contributed by atoms with E-state index in [0.29, 0.717) is 28.1 Å². The lowest BCUT2D eigenvalue weighted by atomic mass is 9.69. The number of hydrogen-bond acceptors (Lipinski definition) is 9. The third kappa shape index (κ3) is 4.16. The summed E-state index contributed by atoms with van der Waals surface area (Å²) in [5.74, 6) is 1.15. The van der Waals surface area contributed by atoms with Crippen molar-refractivity contribution in [3.8, 4) is 34.5 Å². The van der Waals surface area contributed by atoms with E-state index < -0.39 is 0 Å². The van der Waals surface area contributed by atoms with Crippen LogP contribution in [0.5, 0.6) is 5.75 Å². The van der Waals surface area contributed by atoms with Crippen molar-refractivity contribution in [1.29, 1.82) is 5.26 Å². The van der Waals surface area contributed by atoms with E-state index >= 15 is 0 Å². The number of rotatable bonds is 4.